The average molecular weight is 379 g/mol. The predicted molar refractivity (Wildman–Crippen MR) is 110 cm³/mol. The Hall–Kier alpha value is -3.42. The first kappa shape index (κ1) is 19.3. The van der Waals surface area contributed by atoms with E-state index in [1.54, 1.807) is 6.20 Å². The smallest absolute Gasteiger partial charge is 0.319 e. The minimum Gasteiger partial charge on any atom is -0.368 e. The Labute approximate surface area is 164 Å². The molecule has 0 unspecified atom stereocenters. The number of carbonyl (C=O) groups excluding carboxylic acids is 1. The van der Waals surface area contributed by atoms with Crippen molar-refractivity contribution in [3.8, 4) is 5.82 Å². The molecule has 2 heterocycles. The summed E-state index contributed by atoms with van der Waals surface area (Å²) in [6, 6.07) is 7.46. The lowest BCUT2D eigenvalue weighted by Gasteiger charge is -2.11. The Kier molecular flexibility index (Phi) is 5.88. The molecular formula is C20H25N7O. The van der Waals surface area contributed by atoms with Gasteiger partial charge < -0.3 is 16.0 Å². The summed E-state index contributed by atoms with van der Waals surface area (Å²) in [5.41, 5.74) is 3.11. The zero-order valence-electron chi connectivity index (χ0n) is 16.6. The zero-order chi connectivity index (χ0) is 20.1. The molecule has 0 aliphatic carbocycles. The van der Waals surface area contributed by atoms with Crippen LogP contribution in [-0.4, -0.2) is 38.6 Å². The van der Waals surface area contributed by atoms with Crippen molar-refractivity contribution in [1.29, 1.82) is 0 Å². The summed E-state index contributed by atoms with van der Waals surface area (Å²) in [6.07, 6.45) is 3.59. The molecule has 8 nitrogen and oxygen atoms in total. The fraction of sp³-hybridized carbons (Fsp3) is 0.300. The van der Waals surface area contributed by atoms with E-state index in [-0.39, 0.29) is 6.03 Å². The number of anilines is 2. The second-order valence-corrected chi connectivity index (χ2v) is 6.61. The molecule has 8 heteroatoms. The van der Waals surface area contributed by atoms with Crippen LogP contribution in [0.1, 0.15) is 22.8 Å². The van der Waals surface area contributed by atoms with Gasteiger partial charge in [0, 0.05) is 37.2 Å². The second kappa shape index (κ2) is 8.51. The minimum atomic E-state index is -0.237. The highest BCUT2D eigenvalue weighted by molar-refractivity contribution is 5.89. The third kappa shape index (κ3) is 4.85. The van der Waals surface area contributed by atoms with Crippen LogP contribution in [-0.2, 0) is 0 Å². The summed E-state index contributed by atoms with van der Waals surface area (Å²) in [4.78, 5) is 25.1. The summed E-state index contributed by atoms with van der Waals surface area (Å²) >= 11 is 0. The highest BCUT2D eigenvalue weighted by atomic mass is 16.2. The van der Waals surface area contributed by atoms with Crippen molar-refractivity contribution in [2.45, 2.75) is 27.7 Å². The van der Waals surface area contributed by atoms with Crippen LogP contribution in [0.3, 0.4) is 0 Å². The molecule has 146 valence electrons. The van der Waals surface area contributed by atoms with Gasteiger partial charge in [-0.3, -0.25) is 4.57 Å². The average Bonchev–Trinajstić information content (AvgIpc) is 3.07. The van der Waals surface area contributed by atoms with E-state index in [9.17, 15) is 4.79 Å². The van der Waals surface area contributed by atoms with Gasteiger partial charge in [0.2, 0.25) is 0 Å². The fourth-order valence-electron chi connectivity index (χ4n) is 2.75. The highest BCUT2D eigenvalue weighted by Gasteiger charge is 2.07. The number of amides is 2. The van der Waals surface area contributed by atoms with E-state index < -0.39 is 0 Å². The first-order valence-electron chi connectivity index (χ1n) is 9.14. The minimum absolute atomic E-state index is 0.237. The van der Waals surface area contributed by atoms with Crippen LogP contribution in [0.4, 0.5) is 16.3 Å². The Morgan fingerprint density at radius 2 is 1.86 bits per heavy atom. The molecule has 3 rings (SSSR count). The van der Waals surface area contributed by atoms with E-state index in [0.29, 0.717) is 24.7 Å². The van der Waals surface area contributed by atoms with Crippen LogP contribution in [0, 0.1) is 27.7 Å². The largest absolute Gasteiger partial charge is 0.368 e. The fourth-order valence-corrected chi connectivity index (χ4v) is 2.75. The van der Waals surface area contributed by atoms with Gasteiger partial charge in [-0.05, 0) is 51.0 Å². The number of nitrogens with zero attached hydrogens (tertiary/aromatic N) is 4. The van der Waals surface area contributed by atoms with Crippen LogP contribution >= 0.6 is 0 Å². The number of imidazole rings is 1. The van der Waals surface area contributed by atoms with Crippen molar-refractivity contribution in [2.75, 3.05) is 23.7 Å². The predicted octanol–water partition coefficient (Wildman–Crippen LogP) is 3.13. The maximum absolute atomic E-state index is 12.0. The third-order valence-electron chi connectivity index (χ3n) is 4.38. The number of urea groups is 1. The third-order valence-corrected chi connectivity index (χ3v) is 4.38. The Balaban J connectivity index is 1.51. The molecule has 0 fully saturated rings. The molecule has 0 radical (unpaired) electrons. The van der Waals surface area contributed by atoms with Crippen molar-refractivity contribution < 1.29 is 4.79 Å². The van der Waals surface area contributed by atoms with E-state index in [4.69, 9.17) is 0 Å². The molecule has 0 aliphatic rings. The summed E-state index contributed by atoms with van der Waals surface area (Å²) in [7, 11) is 0. The number of aromatic nitrogens is 4. The van der Waals surface area contributed by atoms with Crippen molar-refractivity contribution in [2.24, 2.45) is 0 Å². The van der Waals surface area contributed by atoms with Crippen molar-refractivity contribution in [1.82, 2.24) is 24.8 Å². The first-order valence-corrected chi connectivity index (χ1v) is 9.14. The molecule has 2 aromatic heterocycles. The maximum atomic E-state index is 12.0. The Bertz CT molecular complexity index is 980. The molecule has 3 aromatic rings. The lowest BCUT2D eigenvalue weighted by atomic mass is 10.1. The van der Waals surface area contributed by atoms with Crippen LogP contribution in [0.5, 0.6) is 0 Å². The monoisotopic (exact) mass is 379 g/mol. The van der Waals surface area contributed by atoms with Crippen molar-refractivity contribution >= 4 is 17.5 Å². The van der Waals surface area contributed by atoms with Crippen LogP contribution in [0.25, 0.3) is 5.82 Å². The molecule has 0 bridgehead atoms. The number of hydrogen-bond donors (Lipinski definition) is 3. The van der Waals surface area contributed by atoms with Crippen LogP contribution < -0.4 is 16.0 Å². The summed E-state index contributed by atoms with van der Waals surface area (Å²) in [5, 5.41) is 8.88. The molecule has 28 heavy (non-hydrogen) atoms. The summed E-state index contributed by atoms with van der Waals surface area (Å²) in [6.45, 7) is 8.82. The molecule has 0 atom stereocenters. The maximum Gasteiger partial charge on any atom is 0.319 e. The quantitative estimate of drug-likeness (QED) is 0.572. The molecular weight excluding hydrogens is 354 g/mol. The number of aryl methyl sites for hydroxylation is 4. The molecule has 0 aliphatic heterocycles. The van der Waals surface area contributed by atoms with Gasteiger partial charge in [-0.25, -0.2) is 19.7 Å². The highest BCUT2D eigenvalue weighted by Crippen LogP contribution is 2.14. The SMILES string of the molecule is Cc1nc(NCCNC(=O)Nc2ccc(C)c(C)c2)cc(-n2ccnc2C)n1. The van der Waals surface area contributed by atoms with Gasteiger partial charge in [-0.15, -0.1) is 0 Å². The second-order valence-electron chi connectivity index (χ2n) is 6.61. The Morgan fingerprint density at radius 3 is 2.57 bits per heavy atom. The number of nitrogens with one attached hydrogen (secondary N) is 3. The van der Waals surface area contributed by atoms with Crippen LogP contribution in [0.15, 0.2) is 36.7 Å². The molecule has 0 saturated carbocycles. The van der Waals surface area contributed by atoms with Crippen molar-refractivity contribution in [3.63, 3.8) is 0 Å². The van der Waals surface area contributed by atoms with E-state index in [2.05, 4.69) is 30.9 Å². The topological polar surface area (TPSA) is 96.8 Å². The summed E-state index contributed by atoms with van der Waals surface area (Å²) < 4.78 is 1.90. The van der Waals surface area contributed by atoms with Gasteiger partial charge in [0.25, 0.3) is 0 Å². The molecule has 2 amide bonds. The number of rotatable bonds is 6. The molecule has 0 saturated heterocycles. The molecule has 0 spiro atoms. The van der Waals surface area contributed by atoms with Gasteiger partial charge in [0.15, 0.2) is 0 Å². The van der Waals surface area contributed by atoms with Gasteiger partial charge in [-0.1, -0.05) is 6.07 Å². The number of carbonyl (C=O) groups is 1. The normalized spacial score (nSPS) is 10.6. The number of benzene rings is 1. The Morgan fingerprint density at radius 1 is 1.04 bits per heavy atom. The van der Waals surface area contributed by atoms with Crippen molar-refractivity contribution in [3.05, 3.63) is 59.4 Å². The molecule has 3 N–H and O–H groups in total. The molecule has 1 aromatic carbocycles. The van der Waals surface area contributed by atoms with Gasteiger partial charge in [0.05, 0.1) is 0 Å². The lowest BCUT2D eigenvalue weighted by molar-refractivity contribution is 0.252. The van der Waals surface area contributed by atoms with E-state index in [0.717, 1.165) is 22.9 Å². The van der Waals surface area contributed by atoms with Crippen LogP contribution in [0.2, 0.25) is 0 Å². The van der Waals surface area contributed by atoms with Gasteiger partial charge in [0.1, 0.15) is 23.3 Å². The zero-order valence-corrected chi connectivity index (χ0v) is 16.6. The van der Waals surface area contributed by atoms with Gasteiger partial charge in [-0.2, -0.15) is 0 Å². The summed E-state index contributed by atoms with van der Waals surface area (Å²) in [5.74, 6) is 2.97. The number of hydrogen-bond acceptors (Lipinski definition) is 5. The standard InChI is InChI=1S/C20H25N7O/c1-13-5-6-17(11-14(13)2)26-20(28)23-8-7-22-18-12-19(25-15(3)24-18)27-10-9-21-16(27)4/h5-6,9-12H,7-8H2,1-4H3,(H,22,24,25)(H2,23,26,28). The van der Waals surface area contributed by atoms with Gasteiger partial charge >= 0.3 is 6.03 Å². The van der Waals surface area contributed by atoms with E-state index in [1.807, 2.05) is 62.7 Å². The van der Waals surface area contributed by atoms with E-state index in [1.165, 1.54) is 5.56 Å². The lowest BCUT2D eigenvalue weighted by Crippen LogP contribution is -2.32. The van der Waals surface area contributed by atoms with E-state index >= 15 is 0 Å². The first-order chi connectivity index (χ1) is 13.4.